The van der Waals surface area contributed by atoms with Gasteiger partial charge in [0.05, 0.1) is 0 Å². The van der Waals surface area contributed by atoms with Crippen molar-refractivity contribution in [1.29, 1.82) is 0 Å². The van der Waals surface area contributed by atoms with Gasteiger partial charge in [0.1, 0.15) is 0 Å². The first-order valence-corrected chi connectivity index (χ1v) is 8.16. The van der Waals surface area contributed by atoms with Gasteiger partial charge >= 0.3 is 0 Å². The molecule has 0 aliphatic carbocycles. The third-order valence-electron chi connectivity index (χ3n) is 4.20. The van der Waals surface area contributed by atoms with Crippen LogP contribution in [0.4, 0.5) is 5.69 Å². The number of carbonyl (C=O) groups is 1. The lowest BCUT2D eigenvalue weighted by molar-refractivity contribution is -0.111. The maximum absolute atomic E-state index is 12.0. The molecule has 2 aromatic carbocycles. The molecule has 0 aliphatic heterocycles. The van der Waals surface area contributed by atoms with Crippen LogP contribution >= 0.6 is 0 Å². The van der Waals surface area contributed by atoms with Crippen molar-refractivity contribution >= 4 is 17.7 Å². The molecule has 2 heteroatoms. The topological polar surface area (TPSA) is 29.1 Å². The summed E-state index contributed by atoms with van der Waals surface area (Å²) >= 11 is 0. The molecular formula is C21H25NO. The van der Waals surface area contributed by atoms with Crippen LogP contribution in [0, 0.1) is 13.8 Å². The number of amides is 1. The molecule has 23 heavy (non-hydrogen) atoms. The van der Waals surface area contributed by atoms with E-state index in [1.54, 1.807) is 6.08 Å². The van der Waals surface area contributed by atoms with Gasteiger partial charge in [-0.3, -0.25) is 4.79 Å². The second-order valence-corrected chi connectivity index (χ2v) is 6.11. The predicted molar refractivity (Wildman–Crippen MR) is 98.7 cm³/mol. The maximum Gasteiger partial charge on any atom is 0.248 e. The molecule has 1 atom stereocenters. The van der Waals surface area contributed by atoms with Crippen LogP contribution in [0.2, 0.25) is 0 Å². The fraction of sp³-hybridized carbons (Fsp3) is 0.286. The standard InChI is InChI=1S/C21H25NO/c1-5-16(3)18-8-11-20(12-9-18)22-21(23)13-10-19-7-6-15(2)14-17(19)4/h6-14,16H,5H2,1-4H3,(H,22,23)/b13-10-. The van der Waals surface area contributed by atoms with Crippen molar-refractivity contribution in [3.63, 3.8) is 0 Å². The number of anilines is 1. The summed E-state index contributed by atoms with van der Waals surface area (Å²) in [6, 6.07) is 14.3. The van der Waals surface area contributed by atoms with E-state index < -0.39 is 0 Å². The third-order valence-corrected chi connectivity index (χ3v) is 4.20. The minimum Gasteiger partial charge on any atom is -0.323 e. The summed E-state index contributed by atoms with van der Waals surface area (Å²) in [5.41, 5.74) is 5.60. The molecule has 2 nitrogen and oxygen atoms in total. The molecule has 1 amide bonds. The van der Waals surface area contributed by atoms with E-state index in [-0.39, 0.29) is 5.91 Å². The number of aryl methyl sites for hydroxylation is 2. The molecule has 2 rings (SSSR count). The van der Waals surface area contributed by atoms with Crippen LogP contribution in [0.1, 0.15) is 48.4 Å². The fourth-order valence-electron chi connectivity index (χ4n) is 2.49. The Balaban J connectivity index is 2.00. The Morgan fingerprint density at radius 3 is 2.43 bits per heavy atom. The number of hydrogen-bond donors (Lipinski definition) is 1. The molecular weight excluding hydrogens is 282 g/mol. The van der Waals surface area contributed by atoms with Crippen LogP contribution in [-0.4, -0.2) is 5.91 Å². The first-order chi connectivity index (χ1) is 11.0. The molecule has 0 bridgehead atoms. The van der Waals surface area contributed by atoms with Crippen molar-refractivity contribution in [2.24, 2.45) is 0 Å². The fourth-order valence-corrected chi connectivity index (χ4v) is 2.49. The maximum atomic E-state index is 12.0. The molecule has 0 saturated carbocycles. The van der Waals surface area contributed by atoms with E-state index in [4.69, 9.17) is 0 Å². The second-order valence-electron chi connectivity index (χ2n) is 6.11. The van der Waals surface area contributed by atoms with Crippen molar-refractivity contribution in [3.05, 3.63) is 70.8 Å². The smallest absolute Gasteiger partial charge is 0.248 e. The molecule has 0 heterocycles. The number of rotatable bonds is 5. The average Bonchev–Trinajstić information content (AvgIpc) is 2.54. The lowest BCUT2D eigenvalue weighted by Crippen LogP contribution is -2.07. The lowest BCUT2D eigenvalue weighted by Gasteiger charge is -2.10. The van der Waals surface area contributed by atoms with Crippen molar-refractivity contribution in [2.45, 2.75) is 40.0 Å². The zero-order valence-electron chi connectivity index (χ0n) is 14.4. The van der Waals surface area contributed by atoms with Gasteiger partial charge < -0.3 is 5.32 Å². The second kappa shape index (κ2) is 7.77. The monoisotopic (exact) mass is 307 g/mol. The van der Waals surface area contributed by atoms with Crippen molar-refractivity contribution in [3.8, 4) is 0 Å². The van der Waals surface area contributed by atoms with Gasteiger partial charge in [0.2, 0.25) is 5.91 Å². The van der Waals surface area contributed by atoms with E-state index in [2.05, 4.69) is 57.3 Å². The first-order valence-electron chi connectivity index (χ1n) is 8.16. The molecule has 2 aromatic rings. The summed E-state index contributed by atoms with van der Waals surface area (Å²) in [6.07, 6.45) is 4.56. The van der Waals surface area contributed by atoms with Crippen LogP contribution < -0.4 is 5.32 Å². The summed E-state index contributed by atoms with van der Waals surface area (Å²) in [5, 5.41) is 2.90. The highest BCUT2D eigenvalue weighted by atomic mass is 16.1. The lowest BCUT2D eigenvalue weighted by atomic mass is 9.99. The summed E-state index contributed by atoms with van der Waals surface area (Å²) in [6.45, 7) is 8.51. The normalized spacial score (nSPS) is 12.3. The largest absolute Gasteiger partial charge is 0.323 e. The Kier molecular flexibility index (Phi) is 5.75. The number of nitrogens with one attached hydrogen (secondary N) is 1. The van der Waals surface area contributed by atoms with Crippen LogP contribution in [0.15, 0.2) is 48.5 Å². The Morgan fingerprint density at radius 1 is 1.13 bits per heavy atom. The predicted octanol–water partition coefficient (Wildman–Crippen LogP) is 5.47. The number of hydrogen-bond acceptors (Lipinski definition) is 1. The van der Waals surface area contributed by atoms with E-state index in [1.165, 1.54) is 16.7 Å². The van der Waals surface area contributed by atoms with Crippen LogP contribution in [0.5, 0.6) is 0 Å². The Morgan fingerprint density at radius 2 is 1.83 bits per heavy atom. The van der Waals surface area contributed by atoms with E-state index in [1.807, 2.05) is 24.3 Å². The average molecular weight is 307 g/mol. The first kappa shape index (κ1) is 17.0. The Labute approximate surface area is 139 Å². The van der Waals surface area contributed by atoms with Gasteiger partial charge in [0.25, 0.3) is 0 Å². The molecule has 0 fully saturated rings. The highest BCUT2D eigenvalue weighted by Gasteiger charge is 2.03. The zero-order chi connectivity index (χ0) is 16.8. The van der Waals surface area contributed by atoms with Gasteiger partial charge in [-0.1, -0.05) is 49.7 Å². The Bertz CT molecular complexity index is 698. The van der Waals surface area contributed by atoms with Gasteiger partial charge in [-0.2, -0.15) is 0 Å². The van der Waals surface area contributed by atoms with E-state index in [9.17, 15) is 4.79 Å². The van der Waals surface area contributed by atoms with Crippen molar-refractivity contribution in [1.82, 2.24) is 0 Å². The van der Waals surface area contributed by atoms with E-state index in [0.717, 1.165) is 17.7 Å². The zero-order valence-corrected chi connectivity index (χ0v) is 14.4. The molecule has 120 valence electrons. The quantitative estimate of drug-likeness (QED) is 0.729. The van der Waals surface area contributed by atoms with Crippen molar-refractivity contribution in [2.75, 3.05) is 5.32 Å². The Hall–Kier alpha value is -2.35. The minimum absolute atomic E-state index is 0.110. The minimum atomic E-state index is -0.110. The molecule has 0 aromatic heterocycles. The van der Waals surface area contributed by atoms with Crippen LogP contribution in [-0.2, 0) is 4.79 Å². The molecule has 0 aliphatic rings. The SMILES string of the molecule is CCC(C)c1ccc(NC(=O)/C=C\c2ccc(C)cc2C)cc1. The summed E-state index contributed by atoms with van der Waals surface area (Å²) in [7, 11) is 0. The van der Waals surface area contributed by atoms with Gasteiger partial charge in [-0.25, -0.2) is 0 Å². The van der Waals surface area contributed by atoms with E-state index in [0.29, 0.717) is 5.92 Å². The van der Waals surface area contributed by atoms with E-state index >= 15 is 0 Å². The molecule has 0 spiro atoms. The number of carbonyl (C=O) groups excluding carboxylic acids is 1. The molecule has 0 saturated heterocycles. The van der Waals surface area contributed by atoms with Gasteiger partial charge in [0.15, 0.2) is 0 Å². The van der Waals surface area contributed by atoms with Gasteiger partial charge in [-0.15, -0.1) is 0 Å². The van der Waals surface area contributed by atoms with Gasteiger partial charge in [0, 0.05) is 11.8 Å². The molecule has 0 radical (unpaired) electrons. The molecule has 1 unspecified atom stereocenters. The molecule has 1 N–H and O–H groups in total. The van der Waals surface area contributed by atoms with Crippen molar-refractivity contribution < 1.29 is 4.79 Å². The highest BCUT2D eigenvalue weighted by molar-refractivity contribution is 6.02. The number of benzene rings is 2. The summed E-state index contributed by atoms with van der Waals surface area (Å²) < 4.78 is 0. The summed E-state index contributed by atoms with van der Waals surface area (Å²) in [4.78, 5) is 12.0. The summed E-state index contributed by atoms with van der Waals surface area (Å²) in [5.74, 6) is 0.436. The van der Waals surface area contributed by atoms with Gasteiger partial charge in [-0.05, 0) is 61.1 Å². The third kappa shape index (κ3) is 4.82. The van der Waals surface area contributed by atoms with Crippen LogP contribution in [0.3, 0.4) is 0 Å². The van der Waals surface area contributed by atoms with Crippen LogP contribution in [0.25, 0.3) is 6.08 Å². The highest BCUT2D eigenvalue weighted by Crippen LogP contribution is 2.20.